The number of carbonyl (C=O) groups is 1. The standard InChI is InChI=1S/C20H22Cl2N2O/c1-24(2)13-3-12-23-18-9-5-16(6-10-18)20(25)11-7-15-4-8-17(21)14-19(15)22/h4-11,14,23H,3,12-13H2,1-2H3. The zero-order valence-electron chi connectivity index (χ0n) is 14.4. The molecule has 0 aromatic heterocycles. The van der Waals surface area contributed by atoms with E-state index in [1.54, 1.807) is 24.3 Å². The van der Waals surface area contributed by atoms with E-state index in [4.69, 9.17) is 23.2 Å². The van der Waals surface area contributed by atoms with E-state index < -0.39 is 0 Å². The fourth-order valence-electron chi connectivity index (χ4n) is 2.28. The first-order chi connectivity index (χ1) is 12.0. The number of hydrogen-bond acceptors (Lipinski definition) is 3. The van der Waals surface area contributed by atoms with Crippen LogP contribution in [0.5, 0.6) is 0 Å². The number of allylic oxidation sites excluding steroid dienone is 1. The Kier molecular flexibility index (Phi) is 7.51. The summed E-state index contributed by atoms with van der Waals surface area (Å²) in [6.07, 6.45) is 4.29. The summed E-state index contributed by atoms with van der Waals surface area (Å²) >= 11 is 12.0. The maximum atomic E-state index is 12.3. The zero-order valence-corrected chi connectivity index (χ0v) is 15.9. The summed E-state index contributed by atoms with van der Waals surface area (Å²) in [5.41, 5.74) is 2.42. The third-order valence-corrected chi connectivity index (χ3v) is 4.22. The fraction of sp³-hybridized carbons (Fsp3) is 0.250. The number of hydrogen-bond donors (Lipinski definition) is 1. The Morgan fingerprint density at radius 2 is 1.84 bits per heavy atom. The van der Waals surface area contributed by atoms with Crippen molar-refractivity contribution in [1.29, 1.82) is 0 Å². The number of anilines is 1. The van der Waals surface area contributed by atoms with E-state index >= 15 is 0 Å². The second-order valence-electron chi connectivity index (χ2n) is 6.02. The Bertz CT molecular complexity index is 740. The topological polar surface area (TPSA) is 32.3 Å². The third kappa shape index (κ3) is 6.54. The van der Waals surface area contributed by atoms with Crippen LogP contribution in [0.3, 0.4) is 0 Å². The number of ketones is 1. The van der Waals surface area contributed by atoms with Crippen LogP contribution in [-0.4, -0.2) is 37.9 Å². The number of nitrogens with one attached hydrogen (secondary N) is 1. The molecule has 0 spiro atoms. The molecule has 0 aliphatic rings. The molecule has 0 heterocycles. The van der Waals surface area contributed by atoms with Gasteiger partial charge >= 0.3 is 0 Å². The van der Waals surface area contributed by atoms with E-state index in [0.717, 1.165) is 30.8 Å². The van der Waals surface area contributed by atoms with Crippen LogP contribution in [0.15, 0.2) is 48.5 Å². The summed E-state index contributed by atoms with van der Waals surface area (Å²) in [7, 11) is 4.12. The number of halogens is 2. The summed E-state index contributed by atoms with van der Waals surface area (Å²) in [5.74, 6) is -0.0647. The lowest BCUT2D eigenvalue weighted by molar-refractivity contribution is 0.104. The molecular formula is C20H22Cl2N2O. The van der Waals surface area contributed by atoms with Crippen molar-refractivity contribution in [2.45, 2.75) is 6.42 Å². The Morgan fingerprint density at radius 1 is 1.12 bits per heavy atom. The van der Waals surface area contributed by atoms with Gasteiger partial charge in [0.2, 0.25) is 0 Å². The molecule has 0 aliphatic carbocycles. The second kappa shape index (κ2) is 9.62. The minimum Gasteiger partial charge on any atom is -0.385 e. The van der Waals surface area contributed by atoms with Crippen LogP contribution in [0.2, 0.25) is 10.0 Å². The van der Waals surface area contributed by atoms with Crippen molar-refractivity contribution in [2.24, 2.45) is 0 Å². The highest BCUT2D eigenvalue weighted by Crippen LogP contribution is 2.22. The van der Waals surface area contributed by atoms with Gasteiger partial charge in [-0.25, -0.2) is 0 Å². The Balaban J connectivity index is 1.92. The first-order valence-corrected chi connectivity index (χ1v) is 8.87. The van der Waals surface area contributed by atoms with Gasteiger partial charge < -0.3 is 10.2 Å². The summed E-state index contributed by atoms with van der Waals surface area (Å²) in [6, 6.07) is 12.7. The summed E-state index contributed by atoms with van der Waals surface area (Å²) < 4.78 is 0. The van der Waals surface area contributed by atoms with Crippen LogP contribution in [-0.2, 0) is 0 Å². The van der Waals surface area contributed by atoms with Gasteiger partial charge in [-0.05, 0) is 81.2 Å². The van der Waals surface area contributed by atoms with E-state index in [0.29, 0.717) is 15.6 Å². The lowest BCUT2D eigenvalue weighted by Crippen LogP contribution is -2.16. The molecule has 0 bridgehead atoms. The Hall–Kier alpha value is -1.81. The highest BCUT2D eigenvalue weighted by Gasteiger charge is 2.03. The molecule has 2 aromatic carbocycles. The molecule has 1 N–H and O–H groups in total. The molecule has 0 fully saturated rings. The molecule has 5 heteroatoms. The van der Waals surface area contributed by atoms with Crippen LogP contribution in [0.1, 0.15) is 22.3 Å². The Morgan fingerprint density at radius 3 is 2.48 bits per heavy atom. The maximum Gasteiger partial charge on any atom is 0.185 e. The molecule has 0 aliphatic heterocycles. The van der Waals surface area contributed by atoms with Gasteiger partial charge in [0.05, 0.1) is 0 Å². The first kappa shape index (κ1) is 19.5. The van der Waals surface area contributed by atoms with Gasteiger partial charge in [-0.3, -0.25) is 4.79 Å². The fourth-order valence-corrected chi connectivity index (χ4v) is 2.75. The molecular weight excluding hydrogens is 355 g/mol. The molecule has 25 heavy (non-hydrogen) atoms. The van der Waals surface area contributed by atoms with Crippen LogP contribution in [0.25, 0.3) is 6.08 Å². The van der Waals surface area contributed by atoms with Crippen LogP contribution in [0.4, 0.5) is 5.69 Å². The average molecular weight is 377 g/mol. The molecule has 0 atom stereocenters. The summed E-state index contributed by atoms with van der Waals surface area (Å²) in [5, 5.41) is 4.44. The average Bonchev–Trinajstić information content (AvgIpc) is 2.58. The Labute approximate surface area is 159 Å². The number of nitrogens with zero attached hydrogens (tertiary/aromatic N) is 1. The third-order valence-electron chi connectivity index (χ3n) is 3.66. The molecule has 0 unspecified atom stereocenters. The van der Waals surface area contributed by atoms with Crippen molar-refractivity contribution >= 4 is 40.7 Å². The molecule has 0 radical (unpaired) electrons. The highest BCUT2D eigenvalue weighted by atomic mass is 35.5. The molecule has 132 valence electrons. The SMILES string of the molecule is CN(C)CCCNc1ccc(C(=O)C=Cc2ccc(Cl)cc2Cl)cc1. The molecule has 0 saturated heterocycles. The van der Waals surface area contributed by atoms with E-state index in [2.05, 4.69) is 24.3 Å². The van der Waals surface area contributed by atoms with Crippen molar-refractivity contribution in [3.05, 3.63) is 69.7 Å². The smallest absolute Gasteiger partial charge is 0.185 e. The van der Waals surface area contributed by atoms with E-state index in [1.807, 2.05) is 24.3 Å². The van der Waals surface area contributed by atoms with Gasteiger partial charge in [-0.1, -0.05) is 29.3 Å². The molecule has 0 saturated carbocycles. The molecule has 0 amide bonds. The normalized spacial score (nSPS) is 11.2. The van der Waals surface area contributed by atoms with Crippen LogP contribution >= 0.6 is 23.2 Å². The largest absolute Gasteiger partial charge is 0.385 e. The minimum absolute atomic E-state index is 0.0647. The highest BCUT2D eigenvalue weighted by molar-refractivity contribution is 6.35. The van der Waals surface area contributed by atoms with Crippen LogP contribution < -0.4 is 5.32 Å². The van der Waals surface area contributed by atoms with Gasteiger partial charge in [-0.2, -0.15) is 0 Å². The number of carbonyl (C=O) groups excluding carboxylic acids is 1. The van der Waals surface area contributed by atoms with Crippen molar-refractivity contribution in [3.8, 4) is 0 Å². The van der Waals surface area contributed by atoms with Crippen molar-refractivity contribution in [1.82, 2.24) is 4.90 Å². The van der Waals surface area contributed by atoms with Gasteiger partial charge in [0.15, 0.2) is 5.78 Å². The van der Waals surface area contributed by atoms with E-state index in [-0.39, 0.29) is 5.78 Å². The maximum absolute atomic E-state index is 12.3. The van der Waals surface area contributed by atoms with Crippen molar-refractivity contribution in [2.75, 3.05) is 32.5 Å². The van der Waals surface area contributed by atoms with Crippen LogP contribution in [0, 0.1) is 0 Å². The lowest BCUT2D eigenvalue weighted by Gasteiger charge is -2.10. The zero-order chi connectivity index (χ0) is 18.2. The monoisotopic (exact) mass is 376 g/mol. The predicted molar refractivity (Wildman–Crippen MR) is 108 cm³/mol. The van der Waals surface area contributed by atoms with E-state index in [1.165, 1.54) is 6.08 Å². The minimum atomic E-state index is -0.0647. The van der Waals surface area contributed by atoms with Crippen molar-refractivity contribution < 1.29 is 4.79 Å². The molecule has 2 aromatic rings. The second-order valence-corrected chi connectivity index (χ2v) is 6.87. The summed E-state index contributed by atoms with van der Waals surface area (Å²) in [6.45, 7) is 1.95. The van der Waals surface area contributed by atoms with Gasteiger partial charge in [0.1, 0.15) is 0 Å². The predicted octanol–water partition coefficient (Wildman–Crippen LogP) is 5.25. The van der Waals surface area contributed by atoms with Gasteiger partial charge in [-0.15, -0.1) is 0 Å². The summed E-state index contributed by atoms with van der Waals surface area (Å²) in [4.78, 5) is 14.4. The molecule has 3 nitrogen and oxygen atoms in total. The first-order valence-electron chi connectivity index (χ1n) is 8.12. The van der Waals surface area contributed by atoms with Gasteiger partial charge in [0, 0.05) is 27.8 Å². The quantitative estimate of drug-likeness (QED) is 0.387. The lowest BCUT2D eigenvalue weighted by atomic mass is 10.1. The number of benzene rings is 2. The van der Waals surface area contributed by atoms with Gasteiger partial charge in [0.25, 0.3) is 0 Å². The van der Waals surface area contributed by atoms with Crippen molar-refractivity contribution in [3.63, 3.8) is 0 Å². The number of rotatable bonds is 8. The van der Waals surface area contributed by atoms with E-state index in [9.17, 15) is 4.79 Å². The molecule has 2 rings (SSSR count).